The number of carbonyl (C=O) groups excluding carboxylic acids is 1. The monoisotopic (exact) mass is 320 g/mol. The predicted octanol–water partition coefficient (Wildman–Crippen LogP) is 3.85. The van der Waals surface area contributed by atoms with Gasteiger partial charge in [0.25, 0.3) is 0 Å². The van der Waals surface area contributed by atoms with Gasteiger partial charge in [0.2, 0.25) is 0 Å². The van der Waals surface area contributed by atoms with E-state index in [-0.39, 0.29) is 0 Å². The molecule has 2 aromatic carbocycles. The Morgan fingerprint density at radius 3 is 2.37 bits per heavy atom. The van der Waals surface area contributed by atoms with Crippen molar-refractivity contribution in [3.63, 3.8) is 0 Å². The molecule has 0 amide bonds. The minimum Gasteiger partial charge on any atom is -0.497 e. The molecule has 0 unspecified atom stereocenters. The van der Waals surface area contributed by atoms with E-state index < -0.39 is 0 Å². The lowest BCUT2D eigenvalue weighted by Crippen LogP contribution is -1.96. The topological polar surface area (TPSA) is 35.5 Å². The molecule has 0 saturated carbocycles. The number of halogens is 1. The number of hydrogen-bond donors (Lipinski definition) is 0. The maximum Gasteiger partial charge on any atom is 0.151 e. The van der Waals surface area contributed by atoms with Gasteiger partial charge in [-0.05, 0) is 51.8 Å². The average Bonchev–Trinajstić information content (AvgIpc) is 2.46. The zero-order chi connectivity index (χ0) is 13.7. The van der Waals surface area contributed by atoms with Crippen LogP contribution < -0.4 is 9.47 Å². The third-order valence-corrected chi connectivity index (χ3v) is 3.35. The molecule has 0 fully saturated rings. The molecule has 0 spiro atoms. The summed E-state index contributed by atoms with van der Waals surface area (Å²) in [4.78, 5) is 10.7. The first kappa shape index (κ1) is 13.6. The predicted molar refractivity (Wildman–Crippen MR) is 76.9 cm³/mol. The van der Waals surface area contributed by atoms with E-state index in [0.29, 0.717) is 17.9 Å². The number of ether oxygens (including phenoxy) is 2. The Kier molecular flexibility index (Phi) is 4.58. The van der Waals surface area contributed by atoms with Crippen LogP contribution in [0.2, 0.25) is 0 Å². The molecule has 0 N–H and O–H groups in total. The molecule has 19 heavy (non-hydrogen) atoms. The van der Waals surface area contributed by atoms with Crippen LogP contribution in [0.25, 0.3) is 0 Å². The van der Waals surface area contributed by atoms with Gasteiger partial charge in [0, 0.05) is 10.0 Å². The summed E-state index contributed by atoms with van der Waals surface area (Å²) < 4.78 is 11.5. The van der Waals surface area contributed by atoms with E-state index in [4.69, 9.17) is 9.47 Å². The average molecular weight is 321 g/mol. The molecule has 98 valence electrons. The van der Waals surface area contributed by atoms with Crippen LogP contribution in [0.3, 0.4) is 0 Å². The van der Waals surface area contributed by atoms with Crippen LogP contribution in [0.5, 0.6) is 11.5 Å². The fourth-order valence-electron chi connectivity index (χ4n) is 1.58. The summed E-state index contributed by atoms with van der Waals surface area (Å²) in [5.41, 5.74) is 1.66. The Balaban J connectivity index is 2.01. The van der Waals surface area contributed by atoms with Crippen molar-refractivity contribution in [3.8, 4) is 11.5 Å². The first-order valence-corrected chi connectivity index (χ1v) is 6.52. The second-order valence-electron chi connectivity index (χ2n) is 3.94. The zero-order valence-electron chi connectivity index (χ0n) is 10.4. The van der Waals surface area contributed by atoms with Gasteiger partial charge in [-0.2, -0.15) is 0 Å². The second kappa shape index (κ2) is 6.38. The normalized spacial score (nSPS) is 10.0. The van der Waals surface area contributed by atoms with Crippen molar-refractivity contribution in [1.29, 1.82) is 0 Å². The van der Waals surface area contributed by atoms with Crippen LogP contribution in [-0.2, 0) is 6.61 Å². The molecule has 3 nitrogen and oxygen atoms in total. The van der Waals surface area contributed by atoms with Crippen molar-refractivity contribution in [2.45, 2.75) is 6.61 Å². The summed E-state index contributed by atoms with van der Waals surface area (Å²) in [7, 11) is 1.64. The highest BCUT2D eigenvalue weighted by Crippen LogP contribution is 2.23. The molecule has 0 aliphatic rings. The minimum absolute atomic E-state index is 0.469. The summed E-state index contributed by atoms with van der Waals surface area (Å²) in [6.07, 6.45) is 0.803. The summed E-state index contributed by atoms with van der Waals surface area (Å²) in [6.45, 7) is 0.469. The lowest BCUT2D eigenvalue weighted by atomic mass is 10.2. The maximum absolute atomic E-state index is 10.7. The van der Waals surface area contributed by atoms with Gasteiger partial charge in [-0.1, -0.05) is 12.1 Å². The summed E-state index contributed by atoms with van der Waals surface area (Å²) in [6, 6.07) is 13.0. The van der Waals surface area contributed by atoms with E-state index in [2.05, 4.69) is 15.9 Å². The lowest BCUT2D eigenvalue weighted by Gasteiger charge is -2.08. The van der Waals surface area contributed by atoms with Crippen LogP contribution >= 0.6 is 15.9 Å². The largest absolute Gasteiger partial charge is 0.497 e. The number of carbonyl (C=O) groups is 1. The minimum atomic E-state index is 0.469. The molecule has 0 radical (unpaired) electrons. The van der Waals surface area contributed by atoms with Crippen LogP contribution in [0.15, 0.2) is 46.9 Å². The van der Waals surface area contributed by atoms with Crippen molar-refractivity contribution in [2.24, 2.45) is 0 Å². The molecule has 2 aromatic rings. The van der Waals surface area contributed by atoms with E-state index in [0.717, 1.165) is 22.1 Å². The van der Waals surface area contributed by atoms with E-state index in [9.17, 15) is 4.79 Å². The van der Waals surface area contributed by atoms with Crippen LogP contribution in [0.1, 0.15) is 15.9 Å². The van der Waals surface area contributed by atoms with Crippen molar-refractivity contribution >= 4 is 22.2 Å². The standard InChI is InChI=1S/C15H13BrO3/c1-18-13-5-2-11(3-6-13)10-19-14-7-4-12(9-17)15(16)8-14/h2-9H,10H2,1H3. The first-order chi connectivity index (χ1) is 9.22. The number of hydrogen-bond acceptors (Lipinski definition) is 3. The van der Waals surface area contributed by atoms with E-state index >= 15 is 0 Å². The van der Waals surface area contributed by atoms with Crippen LogP contribution in [-0.4, -0.2) is 13.4 Å². The smallest absolute Gasteiger partial charge is 0.151 e. The molecule has 0 aliphatic heterocycles. The third-order valence-electron chi connectivity index (χ3n) is 2.66. The van der Waals surface area contributed by atoms with Crippen molar-refractivity contribution in [1.82, 2.24) is 0 Å². The Morgan fingerprint density at radius 1 is 1.11 bits per heavy atom. The molecular weight excluding hydrogens is 308 g/mol. The van der Waals surface area contributed by atoms with E-state index in [1.54, 1.807) is 25.3 Å². The quantitative estimate of drug-likeness (QED) is 0.785. The van der Waals surface area contributed by atoms with E-state index in [1.165, 1.54) is 0 Å². The summed E-state index contributed by atoms with van der Waals surface area (Å²) in [5, 5.41) is 0. The summed E-state index contributed by atoms with van der Waals surface area (Å²) in [5.74, 6) is 1.54. The van der Waals surface area contributed by atoms with Gasteiger partial charge in [-0.25, -0.2) is 0 Å². The van der Waals surface area contributed by atoms with Gasteiger partial charge in [-0.15, -0.1) is 0 Å². The Bertz CT molecular complexity index is 564. The van der Waals surface area contributed by atoms with Gasteiger partial charge >= 0.3 is 0 Å². The van der Waals surface area contributed by atoms with Gasteiger partial charge in [0.15, 0.2) is 6.29 Å². The highest BCUT2D eigenvalue weighted by Gasteiger charge is 2.02. The molecule has 0 atom stereocenters. The highest BCUT2D eigenvalue weighted by atomic mass is 79.9. The highest BCUT2D eigenvalue weighted by molar-refractivity contribution is 9.10. The Labute approximate surface area is 120 Å². The molecule has 4 heteroatoms. The lowest BCUT2D eigenvalue weighted by molar-refractivity contribution is 0.112. The van der Waals surface area contributed by atoms with Crippen molar-refractivity contribution in [3.05, 3.63) is 58.1 Å². The molecule has 0 saturated heterocycles. The number of benzene rings is 2. The number of aldehydes is 1. The van der Waals surface area contributed by atoms with Gasteiger partial charge in [0.1, 0.15) is 18.1 Å². The van der Waals surface area contributed by atoms with E-state index in [1.807, 2.05) is 24.3 Å². The van der Waals surface area contributed by atoms with Gasteiger partial charge < -0.3 is 9.47 Å². The van der Waals surface area contributed by atoms with Crippen LogP contribution in [0.4, 0.5) is 0 Å². The van der Waals surface area contributed by atoms with Gasteiger partial charge in [0.05, 0.1) is 7.11 Å². The van der Waals surface area contributed by atoms with Crippen molar-refractivity contribution < 1.29 is 14.3 Å². The fourth-order valence-corrected chi connectivity index (χ4v) is 2.03. The molecule has 0 aromatic heterocycles. The Morgan fingerprint density at radius 2 is 1.79 bits per heavy atom. The molecule has 0 aliphatic carbocycles. The summed E-state index contributed by atoms with van der Waals surface area (Å²) >= 11 is 3.32. The first-order valence-electron chi connectivity index (χ1n) is 5.73. The SMILES string of the molecule is COc1ccc(COc2ccc(C=O)c(Br)c2)cc1. The maximum atomic E-state index is 10.7. The fraction of sp³-hybridized carbons (Fsp3) is 0.133. The molecule has 0 heterocycles. The van der Waals surface area contributed by atoms with Gasteiger partial charge in [-0.3, -0.25) is 4.79 Å². The van der Waals surface area contributed by atoms with Crippen molar-refractivity contribution in [2.75, 3.05) is 7.11 Å². The third kappa shape index (κ3) is 3.58. The number of methoxy groups -OCH3 is 1. The number of rotatable bonds is 5. The Hall–Kier alpha value is -1.81. The molecule has 0 bridgehead atoms. The van der Waals surface area contributed by atoms with Crippen LogP contribution in [0, 0.1) is 0 Å². The zero-order valence-corrected chi connectivity index (χ0v) is 12.0. The molecule has 2 rings (SSSR count). The molecular formula is C15H13BrO3. The second-order valence-corrected chi connectivity index (χ2v) is 4.79.